The Balaban J connectivity index is 1.96. The van der Waals surface area contributed by atoms with Gasteiger partial charge in [-0.3, -0.25) is 0 Å². The molecular formula is C17H19Cl2NO. The molecule has 0 saturated carbocycles. The van der Waals surface area contributed by atoms with Gasteiger partial charge in [-0.15, -0.1) is 0 Å². The molecule has 0 aromatic heterocycles. The number of methoxy groups -OCH3 is 1. The van der Waals surface area contributed by atoms with Crippen LogP contribution < -0.4 is 10.1 Å². The van der Waals surface area contributed by atoms with E-state index < -0.39 is 0 Å². The third kappa shape index (κ3) is 4.37. The molecule has 2 aromatic carbocycles. The van der Waals surface area contributed by atoms with E-state index in [2.05, 4.69) is 18.3 Å². The lowest BCUT2D eigenvalue weighted by Gasteiger charge is -2.16. The zero-order valence-electron chi connectivity index (χ0n) is 12.2. The monoisotopic (exact) mass is 323 g/mol. The number of nitrogens with one attached hydrogen (secondary N) is 1. The maximum atomic E-state index is 6.19. The van der Waals surface area contributed by atoms with Crippen LogP contribution >= 0.6 is 23.2 Å². The van der Waals surface area contributed by atoms with Gasteiger partial charge >= 0.3 is 0 Å². The Morgan fingerprint density at radius 2 is 1.76 bits per heavy atom. The average molecular weight is 324 g/mol. The predicted octanol–water partition coefficient (Wildman–Crippen LogP) is 4.72. The second kappa shape index (κ2) is 7.69. The second-order valence-electron chi connectivity index (χ2n) is 5.01. The van der Waals surface area contributed by atoms with E-state index in [4.69, 9.17) is 27.9 Å². The van der Waals surface area contributed by atoms with Crippen molar-refractivity contribution in [3.63, 3.8) is 0 Å². The fourth-order valence-electron chi connectivity index (χ4n) is 2.24. The summed E-state index contributed by atoms with van der Waals surface area (Å²) in [7, 11) is 1.70. The Labute approximate surface area is 136 Å². The molecule has 0 bridgehead atoms. The van der Waals surface area contributed by atoms with Crippen molar-refractivity contribution >= 4 is 23.2 Å². The highest BCUT2D eigenvalue weighted by Gasteiger charge is 2.09. The third-order valence-corrected chi connectivity index (χ3v) is 4.25. The molecule has 0 aliphatic carbocycles. The van der Waals surface area contributed by atoms with E-state index in [9.17, 15) is 0 Å². The van der Waals surface area contributed by atoms with Crippen LogP contribution in [0.5, 0.6) is 5.75 Å². The summed E-state index contributed by atoms with van der Waals surface area (Å²) in [6, 6.07) is 14.1. The molecule has 112 valence electrons. The first-order chi connectivity index (χ1) is 10.1. The molecule has 1 N–H and O–H groups in total. The lowest BCUT2D eigenvalue weighted by molar-refractivity contribution is 0.406. The summed E-state index contributed by atoms with van der Waals surface area (Å²) >= 11 is 12.2. The summed E-state index contributed by atoms with van der Waals surface area (Å²) in [6.07, 6.45) is 0.891. The van der Waals surface area contributed by atoms with Crippen LogP contribution in [0.1, 0.15) is 18.1 Å². The topological polar surface area (TPSA) is 21.3 Å². The normalized spacial score (nSPS) is 12.2. The molecule has 4 heteroatoms. The van der Waals surface area contributed by atoms with Gasteiger partial charge in [-0.1, -0.05) is 53.5 Å². The SMILES string of the molecule is COc1ccccc1CC(C)NCc1cccc(Cl)c1Cl. The fourth-order valence-corrected chi connectivity index (χ4v) is 2.63. The summed E-state index contributed by atoms with van der Waals surface area (Å²) in [4.78, 5) is 0. The maximum absolute atomic E-state index is 6.19. The van der Waals surface area contributed by atoms with Gasteiger partial charge in [0.15, 0.2) is 0 Å². The molecule has 0 heterocycles. The first kappa shape index (κ1) is 16.2. The maximum Gasteiger partial charge on any atom is 0.122 e. The standard InChI is InChI=1S/C17H19Cl2NO/c1-12(10-13-6-3-4-9-16(13)21-2)20-11-14-7-5-8-15(18)17(14)19/h3-9,12,20H,10-11H2,1-2H3. The van der Waals surface area contributed by atoms with Crippen LogP contribution in [0.2, 0.25) is 10.0 Å². The van der Waals surface area contributed by atoms with Crippen LogP contribution in [-0.2, 0) is 13.0 Å². The van der Waals surface area contributed by atoms with Gasteiger partial charge in [0.25, 0.3) is 0 Å². The number of para-hydroxylation sites is 1. The molecule has 0 aliphatic heterocycles. The molecule has 21 heavy (non-hydrogen) atoms. The number of benzene rings is 2. The van der Waals surface area contributed by atoms with Crippen molar-refractivity contribution in [3.05, 3.63) is 63.6 Å². The minimum Gasteiger partial charge on any atom is -0.496 e. The van der Waals surface area contributed by atoms with E-state index in [0.717, 1.165) is 17.7 Å². The van der Waals surface area contributed by atoms with E-state index in [1.54, 1.807) is 13.2 Å². The molecule has 2 aromatic rings. The van der Waals surface area contributed by atoms with Crippen molar-refractivity contribution in [3.8, 4) is 5.75 Å². The van der Waals surface area contributed by atoms with Crippen LogP contribution in [-0.4, -0.2) is 13.2 Å². The Morgan fingerprint density at radius 3 is 2.52 bits per heavy atom. The van der Waals surface area contributed by atoms with Gasteiger partial charge in [0.1, 0.15) is 5.75 Å². The van der Waals surface area contributed by atoms with Crippen molar-refractivity contribution in [1.29, 1.82) is 0 Å². The molecule has 0 aliphatic rings. The highest BCUT2D eigenvalue weighted by atomic mass is 35.5. The Hall–Kier alpha value is -1.22. The smallest absolute Gasteiger partial charge is 0.122 e. The Morgan fingerprint density at radius 1 is 1.05 bits per heavy atom. The van der Waals surface area contributed by atoms with Crippen molar-refractivity contribution in [2.75, 3.05) is 7.11 Å². The summed E-state index contributed by atoms with van der Waals surface area (Å²) < 4.78 is 5.38. The van der Waals surface area contributed by atoms with Crippen LogP contribution in [0.25, 0.3) is 0 Å². The molecule has 0 radical (unpaired) electrons. The van der Waals surface area contributed by atoms with Gasteiger partial charge in [0, 0.05) is 12.6 Å². The minimum atomic E-state index is 0.302. The number of ether oxygens (including phenoxy) is 1. The first-order valence-electron chi connectivity index (χ1n) is 6.90. The van der Waals surface area contributed by atoms with E-state index in [-0.39, 0.29) is 0 Å². The van der Waals surface area contributed by atoms with Crippen LogP contribution in [0.3, 0.4) is 0 Å². The van der Waals surface area contributed by atoms with Gasteiger partial charge in [-0.25, -0.2) is 0 Å². The molecule has 1 unspecified atom stereocenters. The quantitative estimate of drug-likeness (QED) is 0.830. The fraction of sp³-hybridized carbons (Fsp3) is 0.294. The summed E-state index contributed by atoms with van der Waals surface area (Å²) in [5.41, 5.74) is 2.20. The molecule has 1 atom stereocenters. The number of hydrogen-bond donors (Lipinski definition) is 1. The van der Waals surface area contributed by atoms with Gasteiger partial charge in [-0.05, 0) is 36.6 Å². The van der Waals surface area contributed by atoms with E-state index in [1.165, 1.54) is 5.56 Å². The molecule has 0 fully saturated rings. The van der Waals surface area contributed by atoms with Crippen molar-refractivity contribution in [2.24, 2.45) is 0 Å². The van der Waals surface area contributed by atoms with Crippen molar-refractivity contribution in [2.45, 2.75) is 25.9 Å². The number of rotatable bonds is 6. The Kier molecular flexibility index (Phi) is 5.92. The highest BCUT2D eigenvalue weighted by Crippen LogP contribution is 2.25. The molecule has 2 rings (SSSR count). The van der Waals surface area contributed by atoms with Gasteiger partial charge < -0.3 is 10.1 Å². The zero-order valence-corrected chi connectivity index (χ0v) is 13.7. The predicted molar refractivity (Wildman–Crippen MR) is 89.5 cm³/mol. The first-order valence-corrected chi connectivity index (χ1v) is 7.65. The van der Waals surface area contributed by atoms with E-state index in [0.29, 0.717) is 22.6 Å². The van der Waals surface area contributed by atoms with Gasteiger partial charge in [-0.2, -0.15) is 0 Å². The molecular weight excluding hydrogens is 305 g/mol. The second-order valence-corrected chi connectivity index (χ2v) is 5.80. The third-order valence-electron chi connectivity index (χ3n) is 3.39. The number of halogens is 2. The summed E-state index contributed by atoms with van der Waals surface area (Å²) in [5, 5.41) is 4.68. The van der Waals surface area contributed by atoms with E-state index in [1.807, 2.05) is 30.3 Å². The van der Waals surface area contributed by atoms with Crippen molar-refractivity contribution in [1.82, 2.24) is 5.32 Å². The van der Waals surface area contributed by atoms with Gasteiger partial charge in [0.05, 0.1) is 17.2 Å². The molecule has 0 spiro atoms. The van der Waals surface area contributed by atoms with Crippen molar-refractivity contribution < 1.29 is 4.74 Å². The molecule has 2 nitrogen and oxygen atoms in total. The van der Waals surface area contributed by atoms with Crippen LogP contribution in [0.15, 0.2) is 42.5 Å². The minimum absolute atomic E-state index is 0.302. The lowest BCUT2D eigenvalue weighted by Crippen LogP contribution is -2.27. The van der Waals surface area contributed by atoms with E-state index >= 15 is 0 Å². The molecule has 0 amide bonds. The Bertz CT molecular complexity index is 601. The summed E-state index contributed by atoms with van der Waals surface area (Å²) in [6.45, 7) is 2.83. The molecule has 0 saturated heterocycles. The highest BCUT2D eigenvalue weighted by molar-refractivity contribution is 6.42. The number of hydrogen-bond acceptors (Lipinski definition) is 2. The summed E-state index contributed by atoms with van der Waals surface area (Å²) in [5.74, 6) is 0.923. The lowest BCUT2D eigenvalue weighted by atomic mass is 10.1. The largest absolute Gasteiger partial charge is 0.496 e. The zero-order chi connectivity index (χ0) is 15.2. The van der Waals surface area contributed by atoms with Gasteiger partial charge in [0.2, 0.25) is 0 Å². The average Bonchev–Trinajstić information content (AvgIpc) is 2.49. The van der Waals surface area contributed by atoms with Crippen LogP contribution in [0, 0.1) is 0 Å². The van der Waals surface area contributed by atoms with Crippen LogP contribution in [0.4, 0.5) is 0 Å².